The first kappa shape index (κ1) is 15.1. The predicted molar refractivity (Wildman–Crippen MR) is 91.7 cm³/mol. The smallest absolute Gasteiger partial charge is 0.0962 e. The van der Waals surface area contributed by atoms with Crippen LogP contribution in [0.3, 0.4) is 0 Å². The third kappa shape index (κ3) is 3.33. The Hall–Kier alpha value is -1.81. The highest BCUT2D eigenvalue weighted by Crippen LogP contribution is 2.25. The summed E-state index contributed by atoms with van der Waals surface area (Å²) in [5.74, 6) is 0. The van der Waals surface area contributed by atoms with E-state index in [1.54, 1.807) is 18.3 Å². The van der Waals surface area contributed by atoms with E-state index in [9.17, 15) is 5.11 Å². The number of anilines is 1. The zero-order valence-electron chi connectivity index (χ0n) is 11.6. The fourth-order valence-corrected chi connectivity index (χ4v) is 2.58. The lowest BCUT2D eigenvalue weighted by atomic mass is 10.1. The van der Waals surface area contributed by atoms with Crippen molar-refractivity contribution in [3.63, 3.8) is 0 Å². The summed E-state index contributed by atoms with van der Waals surface area (Å²) in [5, 5.41) is 15.8. The molecule has 3 nitrogen and oxygen atoms in total. The number of hydrogen-bond acceptors (Lipinski definition) is 3. The number of pyridine rings is 1. The number of rotatable bonds is 4. The average Bonchev–Trinajstić information content (AvgIpc) is 2.52. The number of hydrogen-bond donors (Lipinski definition) is 2. The van der Waals surface area contributed by atoms with Crippen molar-refractivity contribution >= 4 is 39.8 Å². The van der Waals surface area contributed by atoms with Crippen LogP contribution in [0.2, 0.25) is 10.0 Å². The van der Waals surface area contributed by atoms with Crippen molar-refractivity contribution in [3.8, 4) is 0 Å². The molecule has 3 rings (SSSR count). The van der Waals surface area contributed by atoms with Gasteiger partial charge in [-0.05, 0) is 42.0 Å². The summed E-state index contributed by atoms with van der Waals surface area (Å²) in [6.07, 6.45) is 1.10. The molecule has 0 radical (unpaired) electrons. The Balaban J connectivity index is 1.77. The second kappa shape index (κ2) is 6.53. The lowest BCUT2D eigenvalue weighted by molar-refractivity contribution is 0.191. The average molecular weight is 333 g/mol. The van der Waals surface area contributed by atoms with Crippen LogP contribution in [-0.2, 0) is 0 Å². The van der Waals surface area contributed by atoms with E-state index in [0.717, 1.165) is 22.2 Å². The molecule has 0 spiro atoms. The molecule has 0 bridgehead atoms. The number of nitrogens with one attached hydrogen (secondary N) is 1. The van der Waals surface area contributed by atoms with Gasteiger partial charge in [0.2, 0.25) is 0 Å². The Bertz CT molecular complexity index is 790. The second-order valence-corrected chi connectivity index (χ2v) is 5.84. The molecule has 1 atom stereocenters. The maximum absolute atomic E-state index is 10.2. The first-order chi connectivity index (χ1) is 10.6. The van der Waals surface area contributed by atoms with Crippen LogP contribution in [0.1, 0.15) is 11.7 Å². The molecular formula is C17H14Cl2N2O. The molecule has 3 aromatic rings. The summed E-state index contributed by atoms with van der Waals surface area (Å²) in [6, 6.07) is 14.6. The predicted octanol–water partition coefficient (Wildman–Crippen LogP) is 4.69. The molecule has 0 aliphatic heterocycles. The van der Waals surface area contributed by atoms with Crippen molar-refractivity contribution < 1.29 is 5.11 Å². The largest absolute Gasteiger partial charge is 0.387 e. The highest BCUT2D eigenvalue weighted by Gasteiger charge is 2.09. The summed E-state index contributed by atoms with van der Waals surface area (Å²) in [5.41, 5.74) is 2.55. The minimum Gasteiger partial charge on any atom is -0.387 e. The Morgan fingerprint density at radius 3 is 2.50 bits per heavy atom. The molecule has 1 unspecified atom stereocenters. The van der Waals surface area contributed by atoms with E-state index in [-0.39, 0.29) is 0 Å². The third-order valence-corrected chi connectivity index (χ3v) is 3.93. The molecule has 0 saturated carbocycles. The van der Waals surface area contributed by atoms with Gasteiger partial charge in [0, 0.05) is 33.9 Å². The fraction of sp³-hybridized carbons (Fsp3) is 0.118. The molecule has 0 fully saturated rings. The standard InChI is InChI=1S/C17H14Cl2N2O/c18-12-3-1-11(2-4-12)17(22)10-21-15-7-8-20-16-9-13(19)5-6-14(15)16/h1-9,17,22H,10H2,(H,20,21). The van der Waals surface area contributed by atoms with E-state index in [4.69, 9.17) is 23.2 Å². The minimum atomic E-state index is -0.618. The van der Waals surface area contributed by atoms with E-state index >= 15 is 0 Å². The summed E-state index contributed by atoms with van der Waals surface area (Å²) in [6.45, 7) is 0.392. The van der Waals surface area contributed by atoms with Crippen LogP contribution in [0.15, 0.2) is 54.7 Å². The van der Waals surface area contributed by atoms with Crippen LogP contribution in [0.4, 0.5) is 5.69 Å². The van der Waals surface area contributed by atoms with Crippen LogP contribution >= 0.6 is 23.2 Å². The summed E-state index contributed by atoms with van der Waals surface area (Å²) < 4.78 is 0. The van der Waals surface area contributed by atoms with E-state index in [2.05, 4.69) is 10.3 Å². The number of aliphatic hydroxyl groups is 1. The molecular weight excluding hydrogens is 319 g/mol. The van der Waals surface area contributed by atoms with E-state index in [1.807, 2.05) is 36.4 Å². The van der Waals surface area contributed by atoms with Crippen molar-refractivity contribution in [2.75, 3.05) is 11.9 Å². The van der Waals surface area contributed by atoms with Gasteiger partial charge in [0.15, 0.2) is 0 Å². The third-order valence-electron chi connectivity index (χ3n) is 3.45. The molecule has 0 amide bonds. The van der Waals surface area contributed by atoms with Gasteiger partial charge < -0.3 is 10.4 Å². The molecule has 112 valence electrons. The Morgan fingerprint density at radius 2 is 1.73 bits per heavy atom. The second-order valence-electron chi connectivity index (χ2n) is 4.97. The summed E-state index contributed by atoms with van der Waals surface area (Å²) in [4.78, 5) is 4.30. The van der Waals surface area contributed by atoms with E-state index in [0.29, 0.717) is 16.6 Å². The van der Waals surface area contributed by atoms with Crippen LogP contribution in [0.5, 0.6) is 0 Å². The molecule has 2 N–H and O–H groups in total. The molecule has 1 aromatic heterocycles. The van der Waals surface area contributed by atoms with E-state index < -0.39 is 6.10 Å². The molecule has 22 heavy (non-hydrogen) atoms. The zero-order chi connectivity index (χ0) is 15.5. The number of fused-ring (bicyclic) bond motifs is 1. The summed E-state index contributed by atoms with van der Waals surface area (Å²) >= 11 is 11.8. The Kier molecular flexibility index (Phi) is 4.48. The maximum Gasteiger partial charge on any atom is 0.0962 e. The van der Waals surface area contributed by atoms with Gasteiger partial charge in [-0.1, -0.05) is 35.3 Å². The number of benzene rings is 2. The quantitative estimate of drug-likeness (QED) is 0.728. The zero-order valence-corrected chi connectivity index (χ0v) is 13.1. The van der Waals surface area contributed by atoms with Crippen LogP contribution < -0.4 is 5.32 Å². The van der Waals surface area contributed by atoms with Crippen LogP contribution in [0, 0.1) is 0 Å². The van der Waals surface area contributed by atoms with Crippen molar-refractivity contribution in [1.82, 2.24) is 4.98 Å². The van der Waals surface area contributed by atoms with Gasteiger partial charge in [0.1, 0.15) is 0 Å². The SMILES string of the molecule is OC(CNc1ccnc2cc(Cl)ccc12)c1ccc(Cl)cc1. The van der Waals surface area contributed by atoms with Gasteiger partial charge >= 0.3 is 0 Å². The lowest BCUT2D eigenvalue weighted by Crippen LogP contribution is -2.12. The van der Waals surface area contributed by atoms with E-state index in [1.165, 1.54) is 0 Å². The van der Waals surface area contributed by atoms with Crippen molar-refractivity contribution in [3.05, 3.63) is 70.3 Å². The van der Waals surface area contributed by atoms with Crippen LogP contribution in [0.25, 0.3) is 10.9 Å². The van der Waals surface area contributed by atoms with Gasteiger partial charge in [-0.2, -0.15) is 0 Å². The highest BCUT2D eigenvalue weighted by molar-refractivity contribution is 6.31. The molecule has 0 aliphatic rings. The molecule has 0 aliphatic carbocycles. The molecule has 2 aromatic carbocycles. The first-order valence-electron chi connectivity index (χ1n) is 6.85. The normalized spacial score (nSPS) is 12.3. The fourth-order valence-electron chi connectivity index (χ4n) is 2.28. The van der Waals surface area contributed by atoms with Gasteiger partial charge in [-0.15, -0.1) is 0 Å². The molecule has 5 heteroatoms. The number of nitrogens with zero attached hydrogens (tertiary/aromatic N) is 1. The maximum atomic E-state index is 10.2. The highest BCUT2D eigenvalue weighted by atomic mass is 35.5. The Labute approximate surface area is 138 Å². The van der Waals surface area contributed by atoms with Crippen LogP contribution in [-0.4, -0.2) is 16.6 Å². The van der Waals surface area contributed by atoms with Crippen molar-refractivity contribution in [2.24, 2.45) is 0 Å². The lowest BCUT2D eigenvalue weighted by Gasteiger charge is -2.14. The van der Waals surface area contributed by atoms with Crippen molar-refractivity contribution in [1.29, 1.82) is 0 Å². The monoisotopic (exact) mass is 332 g/mol. The topological polar surface area (TPSA) is 45.1 Å². The Morgan fingerprint density at radius 1 is 1.00 bits per heavy atom. The molecule has 0 saturated heterocycles. The number of aromatic nitrogens is 1. The van der Waals surface area contributed by atoms with Gasteiger partial charge in [0.05, 0.1) is 11.6 Å². The minimum absolute atomic E-state index is 0.392. The summed E-state index contributed by atoms with van der Waals surface area (Å²) in [7, 11) is 0. The van der Waals surface area contributed by atoms with Crippen molar-refractivity contribution in [2.45, 2.75) is 6.10 Å². The van der Waals surface area contributed by atoms with Gasteiger partial charge in [-0.3, -0.25) is 4.98 Å². The molecule has 1 heterocycles. The van der Waals surface area contributed by atoms with Gasteiger partial charge in [0.25, 0.3) is 0 Å². The first-order valence-corrected chi connectivity index (χ1v) is 7.61. The number of aliphatic hydroxyl groups excluding tert-OH is 1. The van der Waals surface area contributed by atoms with Gasteiger partial charge in [-0.25, -0.2) is 0 Å². The number of halogens is 2.